The SMILES string of the molecule is CC(C)CC(C)(c1ccccc1)C(C)C. The fourth-order valence-electron chi connectivity index (χ4n) is 2.35. The van der Waals surface area contributed by atoms with Crippen molar-refractivity contribution in [3.05, 3.63) is 35.9 Å². The standard InChI is InChI=1S/C15H24/c1-12(2)11-15(5,13(3)4)14-9-7-6-8-10-14/h6-10,12-13H,11H2,1-5H3. The van der Waals surface area contributed by atoms with Crippen LogP contribution in [0.4, 0.5) is 0 Å². The zero-order valence-electron chi connectivity index (χ0n) is 10.7. The van der Waals surface area contributed by atoms with Gasteiger partial charge in [-0.15, -0.1) is 0 Å². The molecule has 1 atom stereocenters. The summed E-state index contributed by atoms with van der Waals surface area (Å²) in [6.07, 6.45) is 1.26. The van der Waals surface area contributed by atoms with Crippen LogP contribution < -0.4 is 0 Å². The van der Waals surface area contributed by atoms with Gasteiger partial charge in [0.05, 0.1) is 0 Å². The van der Waals surface area contributed by atoms with Gasteiger partial charge in [0.25, 0.3) is 0 Å². The Balaban J connectivity index is 3.02. The van der Waals surface area contributed by atoms with E-state index in [1.54, 1.807) is 0 Å². The Bertz CT molecular complexity index is 284. The first kappa shape index (κ1) is 12.3. The van der Waals surface area contributed by atoms with Gasteiger partial charge in [-0.3, -0.25) is 0 Å². The van der Waals surface area contributed by atoms with Gasteiger partial charge in [-0.25, -0.2) is 0 Å². The largest absolute Gasteiger partial charge is 0.0627 e. The zero-order chi connectivity index (χ0) is 11.5. The molecule has 15 heavy (non-hydrogen) atoms. The van der Waals surface area contributed by atoms with E-state index >= 15 is 0 Å². The Kier molecular flexibility index (Phi) is 3.96. The third-order valence-corrected chi connectivity index (χ3v) is 3.54. The van der Waals surface area contributed by atoms with Crippen LogP contribution in [-0.4, -0.2) is 0 Å². The normalized spacial score (nSPS) is 15.7. The summed E-state index contributed by atoms with van der Waals surface area (Å²) >= 11 is 0. The average molecular weight is 204 g/mol. The van der Waals surface area contributed by atoms with Crippen LogP contribution in [0.25, 0.3) is 0 Å². The van der Waals surface area contributed by atoms with Crippen LogP contribution in [0.15, 0.2) is 30.3 Å². The quantitative estimate of drug-likeness (QED) is 0.670. The summed E-state index contributed by atoms with van der Waals surface area (Å²) in [5.41, 5.74) is 1.80. The summed E-state index contributed by atoms with van der Waals surface area (Å²) in [6, 6.07) is 10.9. The van der Waals surface area contributed by atoms with Crippen LogP contribution >= 0.6 is 0 Å². The van der Waals surface area contributed by atoms with Crippen LogP contribution in [0, 0.1) is 11.8 Å². The molecule has 0 radical (unpaired) electrons. The van der Waals surface area contributed by atoms with Gasteiger partial charge in [-0.2, -0.15) is 0 Å². The van der Waals surface area contributed by atoms with Crippen LogP contribution in [0.5, 0.6) is 0 Å². The van der Waals surface area contributed by atoms with Crippen molar-refractivity contribution in [1.29, 1.82) is 0 Å². The molecule has 0 saturated heterocycles. The van der Waals surface area contributed by atoms with Crippen molar-refractivity contribution in [2.24, 2.45) is 11.8 Å². The van der Waals surface area contributed by atoms with Gasteiger partial charge in [0, 0.05) is 0 Å². The first-order chi connectivity index (χ1) is 6.97. The monoisotopic (exact) mass is 204 g/mol. The Morgan fingerprint density at radius 2 is 1.53 bits per heavy atom. The molecule has 0 nitrogen and oxygen atoms in total. The van der Waals surface area contributed by atoms with Gasteiger partial charge in [0.15, 0.2) is 0 Å². The van der Waals surface area contributed by atoms with Crippen molar-refractivity contribution in [2.45, 2.75) is 46.5 Å². The van der Waals surface area contributed by atoms with Gasteiger partial charge >= 0.3 is 0 Å². The molecular weight excluding hydrogens is 180 g/mol. The maximum atomic E-state index is 2.40. The zero-order valence-corrected chi connectivity index (χ0v) is 10.7. The number of hydrogen-bond donors (Lipinski definition) is 0. The summed E-state index contributed by atoms with van der Waals surface area (Å²) in [6.45, 7) is 11.7. The van der Waals surface area contributed by atoms with Gasteiger partial charge < -0.3 is 0 Å². The van der Waals surface area contributed by atoms with E-state index in [4.69, 9.17) is 0 Å². The van der Waals surface area contributed by atoms with E-state index in [9.17, 15) is 0 Å². The second-order valence-corrected chi connectivity index (χ2v) is 5.54. The Labute approximate surface area is 94.7 Å². The molecule has 0 aliphatic rings. The van der Waals surface area contributed by atoms with Gasteiger partial charge in [-0.1, -0.05) is 65.0 Å². The highest BCUT2D eigenvalue weighted by Gasteiger charge is 2.30. The lowest BCUT2D eigenvalue weighted by atomic mass is 9.69. The van der Waals surface area contributed by atoms with E-state index in [1.807, 2.05) is 0 Å². The Hall–Kier alpha value is -0.780. The summed E-state index contributed by atoms with van der Waals surface area (Å²) in [7, 11) is 0. The van der Waals surface area contributed by atoms with Crippen LogP contribution in [0.1, 0.15) is 46.6 Å². The average Bonchev–Trinajstić information content (AvgIpc) is 2.17. The molecule has 1 aromatic rings. The van der Waals surface area contributed by atoms with Crippen molar-refractivity contribution >= 4 is 0 Å². The molecule has 0 spiro atoms. The minimum Gasteiger partial charge on any atom is -0.0627 e. The lowest BCUT2D eigenvalue weighted by molar-refractivity contribution is 0.276. The minimum absolute atomic E-state index is 0.315. The number of rotatable bonds is 4. The van der Waals surface area contributed by atoms with Crippen molar-refractivity contribution in [1.82, 2.24) is 0 Å². The molecule has 0 bridgehead atoms. The van der Waals surface area contributed by atoms with Crippen molar-refractivity contribution in [2.75, 3.05) is 0 Å². The van der Waals surface area contributed by atoms with Crippen LogP contribution in [0.2, 0.25) is 0 Å². The number of benzene rings is 1. The fourth-order valence-corrected chi connectivity index (χ4v) is 2.35. The third-order valence-electron chi connectivity index (χ3n) is 3.54. The van der Waals surface area contributed by atoms with Gasteiger partial charge in [0.2, 0.25) is 0 Å². The molecule has 0 saturated carbocycles. The van der Waals surface area contributed by atoms with E-state index in [0.29, 0.717) is 11.3 Å². The molecule has 0 aromatic heterocycles. The predicted octanol–water partition coefficient (Wildman–Crippen LogP) is 4.65. The lowest BCUT2D eigenvalue weighted by Crippen LogP contribution is -2.30. The molecule has 0 heterocycles. The highest BCUT2D eigenvalue weighted by atomic mass is 14.3. The van der Waals surface area contributed by atoms with E-state index in [-0.39, 0.29) is 0 Å². The molecule has 0 heteroatoms. The second-order valence-electron chi connectivity index (χ2n) is 5.54. The van der Waals surface area contributed by atoms with E-state index in [1.165, 1.54) is 12.0 Å². The second kappa shape index (κ2) is 4.83. The first-order valence-electron chi connectivity index (χ1n) is 6.02. The summed E-state index contributed by atoms with van der Waals surface area (Å²) in [4.78, 5) is 0. The van der Waals surface area contributed by atoms with Crippen molar-refractivity contribution in [3.8, 4) is 0 Å². The lowest BCUT2D eigenvalue weighted by Gasteiger charge is -2.36. The minimum atomic E-state index is 0.315. The van der Waals surface area contributed by atoms with Crippen LogP contribution in [-0.2, 0) is 5.41 Å². The summed E-state index contributed by atoms with van der Waals surface area (Å²) in [5.74, 6) is 1.43. The molecule has 0 fully saturated rings. The van der Waals surface area contributed by atoms with Crippen LogP contribution in [0.3, 0.4) is 0 Å². The Morgan fingerprint density at radius 1 is 1.00 bits per heavy atom. The maximum absolute atomic E-state index is 2.40. The predicted molar refractivity (Wildman–Crippen MR) is 68.1 cm³/mol. The molecule has 1 aromatic carbocycles. The topological polar surface area (TPSA) is 0 Å². The third kappa shape index (κ3) is 2.84. The molecule has 1 unspecified atom stereocenters. The molecular formula is C15H24. The van der Waals surface area contributed by atoms with Gasteiger partial charge in [0.1, 0.15) is 0 Å². The summed E-state index contributed by atoms with van der Waals surface area (Å²) in [5, 5.41) is 0. The number of hydrogen-bond acceptors (Lipinski definition) is 0. The molecule has 1 rings (SSSR count). The molecule has 0 N–H and O–H groups in total. The van der Waals surface area contributed by atoms with E-state index < -0.39 is 0 Å². The van der Waals surface area contributed by atoms with E-state index in [2.05, 4.69) is 65.0 Å². The first-order valence-corrected chi connectivity index (χ1v) is 6.02. The molecule has 84 valence electrons. The van der Waals surface area contributed by atoms with Crippen molar-refractivity contribution in [3.63, 3.8) is 0 Å². The molecule has 0 aliphatic heterocycles. The highest BCUT2D eigenvalue weighted by Crippen LogP contribution is 2.37. The van der Waals surface area contributed by atoms with Gasteiger partial charge in [-0.05, 0) is 29.2 Å². The molecule has 0 aliphatic carbocycles. The highest BCUT2D eigenvalue weighted by molar-refractivity contribution is 5.25. The maximum Gasteiger partial charge on any atom is -0.00499 e. The van der Waals surface area contributed by atoms with Crippen molar-refractivity contribution < 1.29 is 0 Å². The van der Waals surface area contributed by atoms with E-state index in [0.717, 1.165) is 5.92 Å². The fraction of sp³-hybridized carbons (Fsp3) is 0.600. The Morgan fingerprint density at radius 3 is 1.93 bits per heavy atom. The smallest absolute Gasteiger partial charge is 0.00499 e. The summed E-state index contributed by atoms with van der Waals surface area (Å²) < 4.78 is 0. The molecule has 0 amide bonds.